The van der Waals surface area contributed by atoms with Crippen LogP contribution in [0.25, 0.3) is 0 Å². The van der Waals surface area contributed by atoms with Gasteiger partial charge in [-0.15, -0.1) is 0 Å². The van der Waals surface area contributed by atoms with Crippen LogP contribution in [0.1, 0.15) is 59.3 Å². The zero-order chi connectivity index (χ0) is 31.7. The number of piperazine rings is 1. The third-order valence-electron chi connectivity index (χ3n) is 8.88. The van der Waals surface area contributed by atoms with E-state index in [4.69, 9.17) is 10.00 Å². The van der Waals surface area contributed by atoms with Crippen molar-refractivity contribution in [3.05, 3.63) is 94.3 Å². The van der Waals surface area contributed by atoms with Crippen LogP contribution < -0.4 is 9.64 Å². The molecule has 0 radical (unpaired) electrons. The SMILES string of the molecule is CC(C)N1C(=O)CC[C@H](N2Cc3c(OCc4ccc(CN5CCN(c6ccc(C#N)cc6F)CC5)cc4)cccc3C2=O)C1=O. The highest BCUT2D eigenvalue weighted by Gasteiger charge is 2.44. The third kappa shape index (κ3) is 6.13. The number of imide groups is 1. The summed E-state index contributed by atoms with van der Waals surface area (Å²) in [6, 6.07) is 19.3. The molecule has 3 aromatic carbocycles. The van der Waals surface area contributed by atoms with Gasteiger partial charge in [0.05, 0.1) is 23.9 Å². The summed E-state index contributed by atoms with van der Waals surface area (Å²) in [4.78, 5) is 46.1. The van der Waals surface area contributed by atoms with E-state index in [1.165, 1.54) is 16.5 Å². The summed E-state index contributed by atoms with van der Waals surface area (Å²) in [5.74, 6) is -0.459. The highest BCUT2D eigenvalue weighted by molar-refractivity contribution is 6.05. The van der Waals surface area contributed by atoms with Gasteiger partial charge in [0.1, 0.15) is 24.2 Å². The molecule has 1 atom stereocenters. The highest BCUT2D eigenvalue weighted by atomic mass is 19.1. The molecule has 0 unspecified atom stereocenters. The van der Waals surface area contributed by atoms with Gasteiger partial charge >= 0.3 is 0 Å². The molecule has 3 amide bonds. The van der Waals surface area contributed by atoms with E-state index in [1.54, 1.807) is 29.2 Å². The number of carbonyl (C=O) groups excluding carboxylic acids is 3. The smallest absolute Gasteiger partial charge is 0.255 e. The summed E-state index contributed by atoms with van der Waals surface area (Å²) >= 11 is 0. The molecule has 3 aromatic rings. The second-order valence-electron chi connectivity index (χ2n) is 12.1. The Labute approximate surface area is 262 Å². The first-order chi connectivity index (χ1) is 21.7. The van der Waals surface area contributed by atoms with Gasteiger partial charge in [0.2, 0.25) is 5.91 Å². The summed E-state index contributed by atoms with van der Waals surface area (Å²) in [5, 5.41) is 8.99. The Morgan fingerprint density at radius 1 is 0.978 bits per heavy atom. The van der Waals surface area contributed by atoms with Crippen molar-refractivity contribution in [3.8, 4) is 11.8 Å². The molecule has 0 bridgehead atoms. The number of ether oxygens (including phenoxy) is 1. The van der Waals surface area contributed by atoms with E-state index in [0.29, 0.717) is 48.7 Å². The molecule has 45 heavy (non-hydrogen) atoms. The maximum absolute atomic E-state index is 14.5. The van der Waals surface area contributed by atoms with E-state index in [-0.39, 0.29) is 42.5 Å². The Hall–Kier alpha value is -4.75. The van der Waals surface area contributed by atoms with Crippen molar-refractivity contribution in [2.45, 2.75) is 58.5 Å². The highest BCUT2D eigenvalue weighted by Crippen LogP contribution is 2.35. The monoisotopic (exact) mass is 609 g/mol. The quantitative estimate of drug-likeness (QED) is 0.348. The molecule has 0 N–H and O–H groups in total. The molecule has 10 heteroatoms. The molecule has 0 spiro atoms. The standard InChI is InChI=1S/C35H36FN5O4/c1-23(2)41-33(42)13-12-31(35(41)44)40-21-28-27(34(40)43)4-3-5-32(28)45-22-25-8-6-24(7-9-25)20-38-14-16-39(17-15-38)30-11-10-26(19-37)18-29(30)36/h3-11,18,23,31H,12-17,20-22H2,1-2H3/t31-/m0/s1. The number of hydrogen-bond donors (Lipinski definition) is 0. The topological polar surface area (TPSA) is 97.2 Å². The van der Waals surface area contributed by atoms with E-state index in [9.17, 15) is 18.8 Å². The number of piperidine rings is 1. The normalized spacial score (nSPS) is 18.9. The van der Waals surface area contributed by atoms with Crippen LogP contribution in [0.4, 0.5) is 10.1 Å². The van der Waals surface area contributed by atoms with Gasteiger partial charge in [-0.05, 0) is 61.7 Å². The molecular weight excluding hydrogens is 573 g/mol. The first-order valence-corrected chi connectivity index (χ1v) is 15.4. The molecule has 0 saturated carbocycles. The van der Waals surface area contributed by atoms with Gasteiger partial charge in [-0.3, -0.25) is 24.2 Å². The lowest BCUT2D eigenvalue weighted by atomic mass is 10.0. The van der Waals surface area contributed by atoms with Crippen LogP contribution in [-0.2, 0) is 29.3 Å². The predicted octanol–water partition coefficient (Wildman–Crippen LogP) is 4.48. The number of halogens is 1. The van der Waals surface area contributed by atoms with Crippen LogP contribution in [-0.4, -0.2) is 70.7 Å². The third-order valence-corrected chi connectivity index (χ3v) is 8.88. The predicted molar refractivity (Wildman–Crippen MR) is 166 cm³/mol. The second-order valence-corrected chi connectivity index (χ2v) is 12.1. The fourth-order valence-electron chi connectivity index (χ4n) is 6.47. The largest absolute Gasteiger partial charge is 0.489 e. The Morgan fingerprint density at radius 3 is 2.40 bits per heavy atom. The molecule has 6 rings (SSSR count). The van der Waals surface area contributed by atoms with Crippen molar-refractivity contribution in [1.29, 1.82) is 5.26 Å². The van der Waals surface area contributed by atoms with Gasteiger partial charge in [-0.1, -0.05) is 30.3 Å². The summed E-state index contributed by atoms with van der Waals surface area (Å²) < 4.78 is 20.7. The van der Waals surface area contributed by atoms with Crippen LogP contribution in [0.15, 0.2) is 60.7 Å². The van der Waals surface area contributed by atoms with Gasteiger partial charge in [0.15, 0.2) is 0 Å². The lowest BCUT2D eigenvalue weighted by Gasteiger charge is -2.37. The van der Waals surface area contributed by atoms with E-state index in [2.05, 4.69) is 17.0 Å². The van der Waals surface area contributed by atoms with Crippen LogP contribution in [0, 0.1) is 17.1 Å². The average Bonchev–Trinajstić information content (AvgIpc) is 3.37. The minimum absolute atomic E-state index is 0.190. The van der Waals surface area contributed by atoms with Gasteiger partial charge < -0.3 is 14.5 Å². The number of likely N-dealkylation sites (tertiary alicyclic amines) is 1. The van der Waals surface area contributed by atoms with Crippen molar-refractivity contribution in [2.24, 2.45) is 0 Å². The fraction of sp³-hybridized carbons (Fsp3) is 0.371. The molecule has 0 aliphatic carbocycles. The number of anilines is 1. The molecule has 3 aliphatic heterocycles. The van der Waals surface area contributed by atoms with Gasteiger partial charge in [-0.25, -0.2) is 4.39 Å². The average molecular weight is 610 g/mol. The number of nitriles is 1. The summed E-state index contributed by atoms with van der Waals surface area (Å²) in [5.41, 5.74) is 4.32. The van der Waals surface area contributed by atoms with Crippen LogP contribution in [0.3, 0.4) is 0 Å². The summed E-state index contributed by atoms with van der Waals surface area (Å²) in [6.07, 6.45) is 0.567. The van der Waals surface area contributed by atoms with Crippen LogP contribution in [0.5, 0.6) is 5.75 Å². The number of carbonyl (C=O) groups is 3. The zero-order valence-electron chi connectivity index (χ0n) is 25.5. The van der Waals surface area contributed by atoms with Crippen molar-refractivity contribution < 1.29 is 23.5 Å². The number of hydrogen-bond acceptors (Lipinski definition) is 7. The number of fused-ring (bicyclic) bond motifs is 1. The van der Waals surface area contributed by atoms with Crippen LogP contribution >= 0.6 is 0 Å². The first kappa shape index (κ1) is 30.3. The lowest BCUT2D eigenvalue weighted by molar-refractivity contribution is -0.154. The zero-order valence-corrected chi connectivity index (χ0v) is 25.5. The Balaban J connectivity index is 1.03. The molecule has 3 aliphatic rings. The number of rotatable bonds is 8. The van der Waals surface area contributed by atoms with Crippen molar-refractivity contribution in [3.63, 3.8) is 0 Å². The van der Waals surface area contributed by atoms with Crippen LogP contribution in [0.2, 0.25) is 0 Å². The van der Waals surface area contributed by atoms with Crippen molar-refractivity contribution in [1.82, 2.24) is 14.7 Å². The molecule has 9 nitrogen and oxygen atoms in total. The lowest BCUT2D eigenvalue weighted by Crippen LogP contribution is -2.56. The number of benzene rings is 3. The van der Waals surface area contributed by atoms with E-state index in [0.717, 1.165) is 30.8 Å². The van der Waals surface area contributed by atoms with E-state index < -0.39 is 6.04 Å². The molecule has 2 saturated heterocycles. The minimum atomic E-state index is -0.662. The molecular formula is C35H36FN5O4. The van der Waals surface area contributed by atoms with E-state index in [1.807, 2.05) is 43.0 Å². The first-order valence-electron chi connectivity index (χ1n) is 15.4. The van der Waals surface area contributed by atoms with Gasteiger partial charge in [0, 0.05) is 56.3 Å². The summed E-state index contributed by atoms with van der Waals surface area (Å²) in [7, 11) is 0. The van der Waals surface area contributed by atoms with Crippen molar-refractivity contribution >= 4 is 23.4 Å². The van der Waals surface area contributed by atoms with E-state index >= 15 is 0 Å². The molecule has 0 aromatic heterocycles. The van der Waals surface area contributed by atoms with Gasteiger partial charge in [0.25, 0.3) is 11.8 Å². The Morgan fingerprint density at radius 2 is 1.71 bits per heavy atom. The number of amides is 3. The minimum Gasteiger partial charge on any atom is -0.489 e. The maximum atomic E-state index is 14.5. The second kappa shape index (κ2) is 12.7. The van der Waals surface area contributed by atoms with Crippen molar-refractivity contribution in [2.75, 3.05) is 31.1 Å². The Kier molecular flexibility index (Phi) is 8.55. The number of nitrogens with zero attached hydrogens (tertiary/aromatic N) is 5. The maximum Gasteiger partial charge on any atom is 0.255 e. The molecule has 2 fully saturated rings. The molecule has 3 heterocycles. The summed E-state index contributed by atoms with van der Waals surface area (Å²) in [6.45, 7) is 8.02. The molecule has 232 valence electrons. The van der Waals surface area contributed by atoms with Gasteiger partial charge in [-0.2, -0.15) is 5.26 Å². The Bertz CT molecular complexity index is 1660. The fourth-order valence-corrected chi connectivity index (χ4v) is 6.47.